The maximum absolute atomic E-state index is 11.9. The van der Waals surface area contributed by atoms with Crippen molar-refractivity contribution in [1.82, 2.24) is 10.6 Å². The van der Waals surface area contributed by atoms with Gasteiger partial charge in [-0.3, -0.25) is 0 Å². The molecule has 0 aromatic heterocycles. The van der Waals surface area contributed by atoms with Crippen molar-refractivity contribution < 1.29 is 9.53 Å². The molecule has 23 heavy (non-hydrogen) atoms. The minimum Gasteiger partial charge on any atom is -0.444 e. The molecule has 0 radical (unpaired) electrons. The monoisotopic (exact) mass is 323 g/mol. The number of alkyl carbamates (subject to hydrolysis) is 1. The van der Waals surface area contributed by atoms with Crippen molar-refractivity contribution in [2.45, 2.75) is 84.3 Å². The number of nitrogens with zero attached hydrogens (tertiary/aromatic N) is 1. The van der Waals surface area contributed by atoms with Crippen LogP contribution in [0.1, 0.15) is 73.1 Å². The SMILES string of the molecule is CC(C)(CCC#N)CNC1(CNC(=O)OC(C)(C)C)CCCC1. The lowest BCUT2D eigenvalue weighted by atomic mass is 9.86. The molecule has 0 aliphatic heterocycles. The first-order valence-corrected chi connectivity index (χ1v) is 8.66. The first-order valence-electron chi connectivity index (χ1n) is 8.66. The molecule has 1 rings (SSSR count). The second-order valence-electron chi connectivity index (χ2n) is 8.52. The quantitative estimate of drug-likeness (QED) is 0.748. The van der Waals surface area contributed by atoms with Crippen molar-refractivity contribution in [3.8, 4) is 6.07 Å². The maximum atomic E-state index is 11.9. The van der Waals surface area contributed by atoms with Crippen LogP contribution in [0.25, 0.3) is 0 Å². The number of rotatable bonds is 7. The van der Waals surface area contributed by atoms with Crippen LogP contribution in [0.15, 0.2) is 0 Å². The summed E-state index contributed by atoms with van der Waals surface area (Å²) in [5.41, 5.74) is -0.433. The lowest BCUT2D eigenvalue weighted by Crippen LogP contribution is -2.54. The fourth-order valence-electron chi connectivity index (χ4n) is 2.93. The van der Waals surface area contributed by atoms with E-state index in [9.17, 15) is 4.79 Å². The minimum absolute atomic E-state index is 0.0409. The molecule has 1 aliphatic rings. The third-order valence-corrected chi connectivity index (χ3v) is 4.39. The Labute approximate surface area is 141 Å². The maximum Gasteiger partial charge on any atom is 0.407 e. The molecule has 1 amide bonds. The molecule has 5 heteroatoms. The van der Waals surface area contributed by atoms with Gasteiger partial charge in [0.1, 0.15) is 5.60 Å². The van der Waals surface area contributed by atoms with Crippen LogP contribution < -0.4 is 10.6 Å². The zero-order valence-electron chi connectivity index (χ0n) is 15.4. The van der Waals surface area contributed by atoms with E-state index < -0.39 is 5.60 Å². The first-order chi connectivity index (χ1) is 10.6. The Morgan fingerprint density at radius 3 is 2.35 bits per heavy atom. The van der Waals surface area contributed by atoms with Crippen molar-refractivity contribution >= 4 is 6.09 Å². The van der Waals surface area contributed by atoms with Gasteiger partial charge in [0.15, 0.2) is 0 Å². The standard InChI is InChI=1S/C18H33N3O2/c1-16(2,3)23-15(22)20-14-18(10-6-7-11-18)21-13-17(4,5)9-8-12-19/h21H,6-11,13-14H2,1-5H3,(H,20,22). The molecular formula is C18H33N3O2. The lowest BCUT2D eigenvalue weighted by molar-refractivity contribution is 0.0508. The zero-order valence-corrected chi connectivity index (χ0v) is 15.4. The van der Waals surface area contributed by atoms with Gasteiger partial charge in [-0.15, -0.1) is 0 Å². The normalized spacial score (nSPS) is 17.6. The van der Waals surface area contributed by atoms with Crippen molar-refractivity contribution in [3.63, 3.8) is 0 Å². The van der Waals surface area contributed by atoms with Crippen LogP contribution in [-0.2, 0) is 4.74 Å². The van der Waals surface area contributed by atoms with E-state index in [1.54, 1.807) is 0 Å². The number of carbonyl (C=O) groups excluding carboxylic acids is 1. The Morgan fingerprint density at radius 2 is 1.83 bits per heavy atom. The molecule has 1 aliphatic carbocycles. The molecule has 0 spiro atoms. The third-order valence-electron chi connectivity index (χ3n) is 4.39. The summed E-state index contributed by atoms with van der Waals surface area (Å²) in [7, 11) is 0. The van der Waals surface area contributed by atoms with Gasteiger partial charge in [0, 0.05) is 25.0 Å². The molecule has 132 valence electrons. The van der Waals surface area contributed by atoms with E-state index in [1.165, 1.54) is 12.8 Å². The second kappa shape index (κ2) is 8.01. The Morgan fingerprint density at radius 1 is 1.22 bits per heavy atom. The van der Waals surface area contributed by atoms with Crippen LogP contribution in [0.5, 0.6) is 0 Å². The van der Waals surface area contributed by atoms with Gasteiger partial charge < -0.3 is 15.4 Å². The summed E-state index contributed by atoms with van der Waals surface area (Å²) in [4.78, 5) is 11.9. The Bertz CT molecular complexity index is 427. The summed E-state index contributed by atoms with van der Waals surface area (Å²) < 4.78 is 5.33. The fourth-order valence-corrected chi connectivity index (χ4v) is 2.93. The summed E-state index contributed by atoms with van der Waals surface area (Å²) in [6.45, 7) is 11.4. The van der Waals surface area contributed by atoms with Crippen LogP contribution in [-0.4, -0.2) is 30.3 Å². The summed E-state index contributed by atoms with van der Waals surface area (Å²) in [6.07, 6.45) is 5.61. The van der Waals surface area contributed by atoms with Gasteiger partial charge in [-0.2, -0.15) is 5.26 Å². The van der Waals surface area contributed by atoms with Crippen molar-refractivity contribution in [3.05, 3.63) is 0 Å². The largest absolute Gasteiger partial charge is 0.444 e. The van der Waals surface area contributed by atoms with Gasteiger partial charge in [-0.1, -0.05) is 26.7 Å². The molecule has 5 nitrogen and oxygen atoms in total. The molecule has 0 atom stereocenters. The van der Waals surface area contributed by atoms with E-state index in [0.29, 0.717) is 13.0 Å². The lowest BCUT2D eigenvalue weighted by Gasteiger charge is -2.35. The van der Waals surface area contributed by atoms with E-state index in [0.717, 1.165) is 25.8 Å². The van der Waals surface area contributed by atoms with Gasteiger partial charge in [-0.05, 0) is 45.4 Å². The van der Waals surface area contributed by atoms with Crippen LogP contribution in [0.3, 0.4) is 0 Å². The predicted octanol–water partition coefficient (Wildman–Crippen LogP) is 3.74. The topological polar surface area (TPSA) is 74.2 Å². The average Bonchev–Trinajstić information content (AvgIpc) is 2.89. The second-order valence-corrected chi connectivity index (χ2v) is 8.52. The molecule has 1 saturated carbocycles. The number of carbonyl (C=O) groups is 1. The van der Waals surface area contributed by atoms with E-state index in [-0.39, 0.29) is 17.0 Å². The molecule has 0 saturated heterocycles. The van der Waals surface area contributed by atoms with Crippen LogP contribution in [0.2, 0.25) is 0 Å². The fraction of sp³-hybridized carbons (Fsp3) is 0.889. The molecule has 1 fully saturated rings. The number of amides is 1. The van der Waals surface area contributed by atoms with Crippen LogP contribution in [0, 0.1) is 16.7 Å². The van der Waals surface area contributed by atoms with Crippen molar-refractivity contribution in [1.29, 1.82) is 5.26 Å². The molecule has 0 aromatic carbocycles. The average molecular weight is 323 g/mol. The Kier molecular flexibility index (Phi) is 6.88. The highest BCUT2D eigenvalue weighted by molar-refractivity contribution is 5.67. The first kappa shape index (κ1) is 19.8. The number of ether oxygens (including phenoxy) is 1. The molecule has 0 bridgehead atoms. The summed E-state index contributed by atoms with van der Waals surface area (Å²) in [5, 5.41) is 15.4. The van der Waals surface area contributed by atoms with Gasteiger partial charge in [-0.25, -0.2) is 4.79 Å². The molecule has 0 heterocycles. The third kappa shape index (κ3) is 7.69. The summed E-state index contributed by atoms with van der Waals surface area (Å²) in [5.74, 6) is 0. The molecule has 0 aromatic rings. The number of nitriles is 1. The van der Waals surface area contributed by atoms with Crippen molar-refractivity contribution in [2.75, 3.05) is 13.1 Å². The van der Waals surface area contributed by atoms with Crippen LogP contribution in [0.4, 0.5) is 4.79 Å². The predicted molar refractivity (Wildman–Crippen MR) is 92.1 cm³/mol. The highest BCUT2D eigenvalue weighted by atomic mass is 16.6. The number of nitrogens with one attached hydrogen (secondary N) is 2. The highest BCUT2D eigenvalue weighted by Gasteiger charge is 2.35. The molecule has 0 unspecified atom stereocenters. The minimum atomic E-state index is -0.473. The number of hydrogen-bond donors (Lipinski definition) is 2. The van der Waals surface area contributed by atoms with Gasteiger partial charge in [0.05, 0.1) is 6.07 Å². The molecular weight excluding hydrogens is 290 g/mol. The van der Waals surface area contributed by atoms with Gasteiger partial charge >= 0.3 is 6.09 Å². The van der Waals surface area contributed by atoms with Gasteiger partial charge in [0.25, 0.3) is 0 Å². The molecule has 2 N–H and O–H groups in total. The van der Waals surface area contributed by atoms with E-state index >= 15 is 0 Å². The highest BCUT2D eigenvalue weighted by Crippen LogP contribution is 2.31. The Balaban J connectivity index is 2.52. The summed E-state index contributed by atoms with van der Waals surface area (Å²) >= 11 is 0. The van der Waals surface area contributed by atoms with E-state index in [1.807, 2.05) is 20.8 Å². The van der Waals surface area contributed by atoms with Crippen LogP contribution >= 0.6 is 0 Å². The van der Waals surface area contributed by atoms with E-state index in [4.69, 9.17) is 10.00 Å². The summed E-state index contributed by atoms with van der Waals surface area (Å²) in [6, 6.07) is 2.22. The number of hydrogen-bond acceptors (Lipinski definition) is 4. The zero-order chi connectivity index (χ0) is 17.6. The smallest absolute Gasteiger partial charge is 0.407 e. The van der Waals surface area contributed by atoms with Gasteiger partial charge in [0.2, 0.25) is 0 Å². The Hall–Kier alpha value is -1.28. The van der Waals surface area contributed by atoms with Crippen molar-refractivity contribution in [2.24, 2.45) is 5.41 Å². The van der Waals surface area contributed by atoms with E-state index in [2.05, 4.69) is 30.6 Å².